The van der Waals surface area contributed by atoms with Gasteiger partial charge in [0, 0.05) is 31.3 Å². The highest BCUT2D eigenvalue weighted by Crippen LogP contribution is 2.42. The molecular weight excluding hydrogens is 434 g/mol. The number of aromatic nitrogens is 1. The maximum absolute atomic E-state index is 14.0. The van der Waals surface area contributed by atoms with Crippen LogP contribution in [0.15, 0.2) is 23.0 Å². The molecule has 2 aliphatic rings. The summed E-state index contributed by atoms with van der Waals surface area (Å²) in [6.45, 7) is 5.00. The summed E-state index contributed by atoms with van der Waals surface area (Å²) in [7, 11) is 0. The van der Waals surface area contributed by atoms with Crippen LogP contribution in [0.1, 0.15) is 70.9 Å². The number of aromatic hydroxyl groups is 1. The fraction of sp³-hybridized carbons (Fsp3) is 0.435. The van der Waals surface area contributed by atoms with Crippen molar-refractivity contribution in [2.45, 2.75) is 45.3 Å². The molecular formula is C23H26F2N4O4. The summed E-state index contributed by atoms with van der Waals surface area (Å²) in [5, 5.41) is 16.5. The van der Waals surface area contributed by atoms with Gasteiger partial charge in [0.05, 0.1) is 17.8 Å². The third kappa shape index (κ3) is 3.88. The number of nitrogens with zero attached hydrogens (tertiary/aromatic N) is 2. The molecule has 0 saturated heterocycles. The van der Waals surface area contributed by atoms with Gasteiger partial charge in [-0.2, -0.15) is 0 Å². The lowest BCUT2D eigenvalue weighted by molar-refractivity contribution is 0.0675. The van der Waals surface area contributed by atoms with Crippen molar-refractivity contribution in [3.8, 4) is 5.75 Å². The zero-order valence-electron chi connectivity index (χ0n) is 18.5. The van der Waals surface area contributed by atoms with Gasteiger partial charge in [0.25, 0.3) is 11.8 Å². The van der Waals surface area contributed by atoms with E-state index in [0.29, 0.717) is 37.8 Å². The van der Waals surface area contributed by atoms with Crippen molar-refractivity contribution in [2.24, 2.45) is 0 Å². The standard InChI is InChI=1S/C23H26F2N4O4/c1-3-7-26-16-9-14-11-28(4-2)23(33)19-21(31)20(30)17(18(16)29(14)19)22(32)27-10-12-5-6-13(24)8-15(12)25/h5-6,8,14,16,26,31H,3-4,7,9-11H2,1-2H3,(H,27,32)/t14-,16-/m1/s1. The van der Waals surface area contributed by atoms with Gasteiger partial charge in [-0.25, -0.2) is 8.78 Å². The Kier molecular flexibility index (Phi) is 6.20. The topological polar surface area (TPSA) is 104 Å². The summed E-state index contributed by atoms with van der Waals surface area (Å²) in [6.07, 6.45) is 1.37. The Balaban J connectivity index is 1.77. The van der Waals surface area contributed by atoms with Gasteiger partial charge in [0.15, 0.2) is 11.4 Å². The van der Waals surface area contributed by atoms with Crippen molar-refractivity contribution in [3.63, 3.8) is 0 Å². The zero-order valence-corrected chi connectivity index (χ0v) is 18.5. The molecule has 0 bridgehead atoms. The fourth-order valence-electron chi connectivity index (χ4n) is 4.68. The second-order valence-electron chi connectivity index (χ2n) is 8.32. The van der Waals surface area contributed by atoms with E-state index in [-0.39, 0.29) is 35.4 Å². The van der Waals surface area contributed by atoms with E-state index in [0.717, 1.165) is 12.5 Å². The van der Waals surface area contributed by atoms with Crippen LogP contribution in [-0.4, -0.2) is 46.0 Å². The number of halogens is 2. The molecule has 4 rings (SSSR count). The Morgan fingerprint density at radius 2 is 2.00 bits per heavy atom. The van der Waals surface area contributed by atoms with Gasteiger partial charge in [-0.3, -0.25) is 14.4 Å². The minimum Gasteiger partial charge on any atom is -0.503 e. The molecule has 2 aliphatic heterocycles. The minimum atomic E-state index is -0.941. The van der Waals surface area contributed by atoms with Crippen LogP contribution in [0, 0.1) is 11.6 Å². The van der Waals surface area contributed by atoms with Gasteiger partial charge in [-0.05, 0) is 32.4 Å². The molecule has 8 nitrogen and oxygen atoms in total. The second-order valence-corrected chi connectivity index (χ2v) is 8.32. The first-order valence-electron chi connectivity index (χ1n) is 11.0. The molecule has 10 heteroatoms. The fourth-order valence-corrected chi connectivity index (χ4v) is 4.68. The Morgan fingerprint density at radius 3 is 2.67 bits per heavy atom. The van der Waals surface area contributed by atoms with E-state index in [1.165, 1.54) is 6.07 Å². The van der Waals surface area contributed by atoms with E-state index in [1.54, 1.807) is 9.47 Å². The number of likely N-dealkylation sites (N-methyl/N-ethyl adjacent to an activating group) is 1. The van der Waals surface area contributed by atoms with Crippen LogP contribution in [-0.2, 0) is 6.54 Å². The number of benzene rings is 1. The molecule has 0 spiro atoms. The lowest BCUT2D eigenvalue weighted by Gasteiger charge is -2.33. The number of hydrogen-bond donors (Lipinski definition) is 3. The zero-order chi connectivity index (χ0) is 23.9. The van der Waals surface area contributed by atoms with E-state index in [4.69, 9.17) is 0 Å². The smallest absolute Gasteiger partial charge is 0.274 e. The number of amides is 2. The lowest BCUT2D eigenvalue weighted by atomic mass is 10.0. The van der Waals surface area contributed by atoms with Crippen molar-refractivity contribution in [1.29, 1.82) is 0 Å². The third-order valence-corrected chi connectivity index (χ3v) is 6.25. The molecule has 0 saturated carbocycles. The average molecular weight is 460 g/mol. The summed E-state index contributed by atoms with van der Waals surface area (Å²) >= 11 is 0. The van der Waals surface area contributed by atoms with E-state index >= 15 is 0 Å². The largest absolute Gasteiger partial charge is 0.503 e. The van der Waals surface area contributed by atoms with Crippen molar-refractivity contribution in [2.75, 3.05) is 19.6 Å². The van der Waals surface area contributed by atoms with Crippen molar-refractivity contribution in [3.05, 3.63) is 62.6 Å². The normalized spacial score (nSPS) is 19.0. The lowest BCUT2D eigenvalue weighted by Crippen LogP contribution is -2.44. The first-order valence-corrected chi connectivity index (χ1v) is 11.0. The van der Waals surface area contributed by atoms with Crippen LogP contribution in [0.2, 0.25) is 0 Å². The highest BCUT2D eigenvalue weighted by atomic mass is 19.1. The molecule has 176 valence electrons. The molecule has 3 N–H and O–H groups in total. The van der Waals surface area contributed by atoms with Crippen LogP contribution >= 0.6 is 0 Å². The monoisotopic (exact) mass is 460 g/mol. The molecule has 0 unspecified atom stereocenters. The van der Waals surface area contributed by atoms with Crippen LogP contribution in [0.5, 0.6) is 5.75 Å². The SMILES string of the molecule is CCCN[C@@H]1C[C@@H]2CN(CC)C(=O)c3c(O)c(=O)c(C(=O)NCc4ccc(F)cc4F)c1n32. The second kappa shape index (κ2) is 8.93. The molecule has 1 aromatic carbocycles. The van der Waals surface area contributed by atoms with Gasteiger partial charge in [0.2, 0.25) is 5.43 Å². The molecule has 0 radical (unpaired) electrons. The van der Waals surface area contributed by atoms with Gasteiger partial charge in [0.1, 0.15) is 17.2 Å². The number of nitrogens with one attached hydrogen (secondary N) is 2. The highest BCUT2D eigenvalue weighted by molar-refractivity contribution is 6.00. The van der Waals surface area contributed by atoms with Gasteiger partial charge in [-0.1, -0.05) is 13.0 Å². The number of carbonyl (C=O) groups is 2. The van der Waals surface area contributed by atoms with Gasteiger partial charge < -0.3 is 25.2 Å². The van der Waals surface area contributed by atoms with Gasteiger partial charge in [-0.15, -0.1) is 0 Å². The van der Waals surface area contributed by atoms with E-state index in [1.807, 2.05) is 13.8 Å². The molecule has 0 aliphatic carbocycles. The molecule has 1 aromatic heterocycles. The van der Waals surface area contributed by atoms with E-state index in [9.17, 15) is 28.3 Å². The summed E-state index contributed by atoms with van der Waals surface area (Å²) in [4.78, 5) is 40.7. The maximum Gasteiger partial charge on any atom is 0.274 e. The summed E-state index contributed by atoms with van der Waals surface area (Å²) < 4.78 is 28.8. The van der Waals surface area contributed by atoms with Crippen LogP contribution in [0.3, 0.4) is 0 Å². The average Bonchev–Trinajstić information content (AvgIpc) is 3.13. The third-order valence-electron chi connectivity index (χ3n) is 6.25. The Bertz CT molecular complexity index is 1180. The van der Waals surface area contributed by atoms with Crippen LogP contribution in [0.25, 0.3) is 0 Å². The quantitative estimate of drug-likeness (QED) is 0.588. The number of rotatable bonds is 7. The Labute approximate surface area is 189 Å². The van der Waals surface area contributed by atoms with Crippen molar-refractivity contribution >= 4 is 11.8 Å². The van der Waals surface area contributed by atoms with Crippen molar-refractivity contribution in [1.82, 2.24) is 20.1 Å². The predicted molar refractivity (Wildman–Crippen MR) is 116 cm³/mol. The molecule has 3 heterocycles. The molecule has 2 aromatic rings. The van der Waals surface area contributed by atoms with Crippen molar-refractivity contribution < 1.29 is 23.5 Å². The summed E-state index contributed by atoms with van der Waals surface area (Å²) in [6, 6.07) is 2.43. The summed E-state index contributed by atoms with van der Waals surface area (Å²) in [5.41, 5.74) is -0.908. The molecule has 33 heavy (non-hydrogen) atoms. The van der Waals surface area contributed by atoms with E-state index < -0.39 is 34.6 Å². The van der Waals surface area contributed by atoms with E-state index in [2.05, 4.69) is 10.6 Å². The number of pyridine rings is 1. The summed E-state index contributed by atoms with van der Waals surface area (Å²) in [5.74, 6) is -3.58. The minimum absolute atomic E-state index is 0.0516. The van der Waals surface area contributed by atoms with Crippen LogP contribution in [0.4, 0.5) is 8.78 Å². The van der Waals surface area contributed by atoms with Crippen LogP contribution < -0.4 is 16.1 Å². The maximum atomic E-state index is 14.0. The van der Waals surface area contributed by atoms with Gasteiger partial charge >= 0.3 is 0 Å². The Hall–Kier alpha value is -3.27. The molecule has 2 atom stereocenters. The Morgan fingerprint density at radius 1 is 1.24 bits per heavy atom. The number of hydrogen-bond acceptors (Lipinski definition) is 5. The molecule has 2 amide bonds. The first kappa shape index (κ1) is 22.9. The highest BCUT2D eigenvalue weighted by Gasteiger charge is 2.44. The predicted octanol–water partition coefficient (Wildman–Crippen LogP) is 2.22. The molecule has 0 fully saturated rings. The number of carbonyl (C=O) groups excluding carboxylic acids is 2. The first-order chi connectivity index (χ1) is 15.8.